The van der Waals surface area contributed by atoms with Crippen molar-refractivity contribution in [3.05, 3.63) is 43.0 Å². The number of rotatable bonds is 5. The molecule has 7 unspecified atom stereocenters. The minimum atomic E-state index is -0.0763. The summed E-state index contributed by atoms with van der Waals surface area (Å²) in [5.74, 6) is 9.24. The van der Waals surface area contributed by atoms with Gasteiger partial charge in [-0.1, -0.05) is 36.6 Å². The summed E-state index contributed by atoms with van der Waals surface area (Å²) in [7, 11) is 0. The highest BCUT2D eigenvalue weighted by Crippen LogP contribution is 2.42. The van der Waals surface area contributed by atoms with Crippen LogP contribution in [0.2, 0.25) is 0 Å². The van der Waals surface area contributed by atoms with E-state index < -0.39 is 0 Å². The Balaban J connectivity index is 1.33. The Morgan fingerprint density at radius 3 is 2.50 bits per heavy atom. The minimum absolute atomic E-state index is 0.0211. The third-order valence-electron chi connectivity index (χ3n) is 8.81. The number of ether oxygens (including phenoxy) is 1. The number of nitrogens with one attached hydrogen (secondary N) is 3. The van der Waals surface area contributed by atoms with Crippen LogP contribution in [0, 0.1) is 29.6 Å². The van der Waals surface area contributed by atoms with E-state index in [0.717, 1.165) is 51.1 Å². The molecule has 0 saturated carbocycles. The Bertz CT molecular complexity index is 1010. The van der Waals surface area contributed by atoms with E-state index in [2.05, 4.69) is 53.1 Å². The molecule has 4 fully saturated rings. The average Bonchev–Trinajstić information content (AvgIpc) is 3.28. The smallest absolute Gasteiger partial charge is 0.245 e. The van der Waals surface area contributed by atoms with Gasteiger partial charge in [-0.15, -0.1) is 0 Å². The highest BCUT2D eigenvalue weighted by atomic mass is 16.5. The normalized spacial score (nSPS) is 34.3. The molecule has 4 saturated heterocycles. The number of para-hydroxylation sites is 1. The summed E-state index contributed by atoms with van der Waals surface area (Å²) in [5.41, 5.74) is 6.74. The second-order valence-corrected chi connectivity index (χ2v) is 11.4. The van der Waals surface area contributed by atoms with E-state index in [1.807, 2.05) is 35.2 Å². The first kappa shape index (κ1) is 27.2. The molecule has 0 spiro atoms. The Kier molecular flexibility index (Phi) is 8.71. The zero-order valence-corrected chi connectivity index (χ0v) is 22.8. The van der Waals surface area contributed by atoms with Crippen LogP contribution >= 0.6 is 0 Å². The van der Waals surface area contributed by atoms with Crippen molar-refractivity contribution in [1.29, 1.82) is 0 Å². The number of carbonyl (C=O) groups excluding carboxylic acids is 1. The molecule has 206 valence electrons. The lowest BCUT2D eigenvalue weighted by molar-refractivity contribution is -0.127. The van der Waals surface area contributed by atoms with Crippen LogP contribution in [-0.2, 0) is 4.79 Å². The van der Waals surface area contributed by atoms with E-state index in [4.69, 9.17) is 10.5 Å². The summed E-state index contributed by atoms with van der Waals surface area (Å²) >= 11 is 0. The summed E-state index contributed by atoms with van der Waals surface area (Å²) in [5, 5.41) is 11.0. The predicted octanol–water partition coefficient (Wildman–Crippen LogP) is 1.70. The van der Waals surface area contributed by atoms with Crippen molar-refractivity contribution >= 4 is 5.91 Å². The lowest BCUT2D eigenvalue weighted by Crippen LogP contribution is -2.65. The zero-order chi connectivity index (χ0) is 26.6. The Morgan fingerprint density at radius 2 is 1.84 bits per heavy atom. The van der Waals surface area contributed by atoms with Crippen molar-refractivity contribution < 1.29 is 9.53 Å². The maximum absolute atomic E-state index is 12.0. The summed E-state index contributed by atoms with van der Waals surface area (Å²) in [4.78, 5) is 16.4. The first-order chi connectivity index (χ1) is 18.5. The fourth-order valence-electron chi connectivity index (χ4n) is 6.94. The monoisotopic (exact) mass is 520 g/mol. The molecule has 8 nitrogen and oxygen atoms in total. The molecule has 0 radical (unpaired) electrons. The SMILES string of the molecule is C=CC(=O)N1CCC(C#CC2C(C3CCC(Oc4ccccc4)CN3)C3C(N)NCNC3N2C(C)C)CC1. The van der Waals surface area contributed by atoms with E-state index >= 15 is 0 Å². The Labute approximate surface area is 227 Å². The number of piperidine rings is 2. The van der Waals surface area contributed by atoms with Gasteiger partial charge in [0.2, 0.25) is 5.91 Å². The summed E-state index contributed by atoms with van der Waals surface area (Å²) in [6.45, 7) is 11.2. The quantitative estimate of drug-likeness (QED) is 0.347. The van der Waals surface area contributed by atoms with Crippen LogP contribution < -0.4 is 26.4 Å². The molecule has 8 heteroatoms. The molecule has 5 rings (SSSR count). The van der Waals surface area contributed by atoms with E-state index in [1.54, 1.807) is 0 Å². The number of benzene rings is 1. The molecule has 0 bridgehead atoms. The largest absolute Gasteiger partial charge is 0.489 e. The minimum Gasteiger partial charge on any atom is -0.489 e. The fourth-order valence-corrected chi connectivity index (χ4v) is 6.94. The van der Waals surface area contributed by atoms with Crippen LogP contribution in [-0.4, -0.2) is 78.6 Å². The topological polar surface area (TPSA) is 94.9 Å². The molecule has 5 N–H and O–H groups in total. The average molecular weight is 521 g/mol. The second-order valence-electron chi connectivity index (χ2n) is 11.4. The van der Waals surface area contributed by atoms with Gasteiger partial charge in [-0.2, -0.15) is 0 Å². The van der Waals surface area contributed by atoms with E-state index in [9.17, 15) is 4.79 Å². The van der Waals surface area contributed by atoms with Gasteiger partial charge in [0.1, 0.15) is 11.9 Å². The van der Waals surface area contributed by atoms with Crippen molar-refractivity contribution in [3.8, 4) is 17.6 Å². The Hall–Kier alpha value is -2.41. The Morgan fingerprint density at radius 1 is 1.08 bits per heavy atom. The third kappa shape index (κ3) is 5.78. The molecule has 38 heavy (non-hydrogen) atoms. The van der Waals surface area contributed by atoms with Crippen LogP contribution in [0.25, 0.3) is 0 Å². The van der Waals surface area contributed by atoms with Crippen LogP contribution in [0.15, 0.2) is 43.0 Å². The first-order valence-electron chi connectivity index (χ1n) is 14.3. The molecule has 0 aromatic heterocycles. The number of likely N-dealkylation sites (tertiary alicyclic amines) is 2. The van der Waals surface area contributed by atoms with Crippen molar-refractivity contribution in [2.24, 2.45) is 23.5 Å². The molecule has 7 atom stereocenters. The maximum atomic E-state index is 12.0. The van der Waals surface area contributed by atoms with Gasteiger partial charge >= 0.3 is 0 Å². The maximum Gasteiger partial charge on any atom is 0.245 e. The van der Waals surface area contributed by atoms with Gasteiger partial charge in [-0.05, 0) is 57.7 Å². The zero-order valence-electron chi connectivity index (χ0n) is 22.8. The summed E-state index contributed by atoms with van der Waals surface area (Å²) in [6, 6.07) is 10.9. The molecule has 1 amide bonds. The van der Waals surface area contributed by atoms with Gasteiger partial charge in [0, 0.05) is 56.1 Å². The van der Waals surface area contributed by atoms with Gasteiger partial charge in [-0.25, -0.2) is 0 Å². The lowest BCUT2D eigenvalue weighted by atomic mass is 9.77. The van der Waals surface area contributed by atoms with Gasteiger partial charge in [0.15, 0.2) is 0 Å². The highest BCUT2D eigenvalue weighted by Gasteiger charge is 2.55. The summed E-state index contributed by atoms with van der Waals surface area (Å²) in [6.07, 6.45) is 5.56. The van der Waals surface area contributed by atoms with Gasteiger partial charge < -0.3 is 20.7 Å². The molecule has 4 heterocycles. The van der Waals surface area contributed by atoms with Gasteiger partial charge in [0.05, 0.1) is 18.4 Å². The molecule has 0 aliphatic carbocycles. The number of carbonyl (C=O) groups is 1. The van der Waals surface area contributed by atoms with Crippen LogP contribution in [0.4, 0.5) is 0 Å². The summed E-state index contributed by atoms with van der Waals surface area (Å²) < 4.78 is 6.26. The molecule has 1 aromatic rings. The molecule has 4 aliphatic rings. The van der Waals surface area contributed by atoms with Crippen LogP contribution in [0.1, 0.15) is 39.5 Å². The number of hydrogen-bond donors (Lipinski definition) is 4. The van der Waals surface area contributed by atoms with E-state index in [-0.39, 0.29) is 36.3 Å². The molecule has 1 aromatic carbocycles. The number of fused-ring (bicyclic) bond motifs is 1. The van der Waals surface area contributed by atoms with Crippen LogP contribution in [0.3, 0.4) is 0 Å². The van der Waals surface area contributed by atoms with Crippen molar-refractivity contribution in [2.75, 3.05) is 26.3 Å². The van der Waals surface area contributed by atoms with E-state index in [0.29, 0.717) is 30.6 Å². The molecule has 4 aliphatic heterocycles. The number of amides is 1. The molecular formula is C30H44N6O2. The van der Waals surface area contributed by atoms with Crippen molar-refractivity contribution in [3.63, 3.8) is 0 Å². The van der Waals surface area contributed by atoms with Crippen molar-refractivity contribution in [2.45, 2.75) is 76.1 Å². The second kappa shape index (κ2) is 12.2. The van der Waals surface area contributed by atoms with Crippen LogP contribution in [0.5, 0.6) is 5.75 Å². The fraction of sp³-hybridized carbons (Fsp3) is 0.633. The predicted molar refractivity (Wildman–Crippen MR) is 150 cm³/mol. The first-order valence-corrected chi connectivity index (χ1v) is 14.3. The highest BCUT2D eigenvalue weighted by molar-refractivity contribution is 5.87. The number of nitrogens with zero attached hydrogens (tertiary/aromatic N) is 2. The number of hydrogen-bond acceptors (Lipinski definition) is 7. The van der Waals surface area contributed by atoms with Gasteiger partial charge in [-0.3, -0.25) is 20.3 Å². The van der Waals surface area contributed by atoms with Crippen molar-refractivity contribution in [1.82, 2.24) is 25.8 Å². The third-order valence-corrected chi connectivity index (χ3v) is 8.81. The van der Waals surface area contributed by atoms with Gasteiger partial charge in [0.25, 0.3) is 0 Å². The number of nitrogens with two attached hydrogens (primary N) is 1. The van der Waals surface area contributed by atoms with E-state index in [1.165, 1.54) is 6.08 Å². The lowest BCUT2D eigenvalue weighted by Gasteiger charge is -2.41. The molecular weight excluding hydrogens is 476 g/mol. The standard InChI is InChI=1S/C30H44N6O2/c1-4-26(37)35-16-14-21(15-17-35)10-13-25-27(28-29(31)33-19-34-30(28)36(25)20(2)3)24-12-11-23(18-32-24)38-22-8-6-5-7-9-22/h4-9,20-21,23-25,27-30,32-34H,1,11-12,14-19,31H2,2-3H3.